The van der Waals surface area contributed by atoms with Gasteiger partial charge in [-0.2, -0.15) is 0 Å². The predicted octanol–water partition coefficient (Wildman–Crippen LogP) is 12.1. The molecule has 0 saturated carbocycles. The number of hydrogen-bond donors (Lipinski definition) is 2. The van der Waals surface area contributed by atoms with E-state index in [2.05, 4.69) is 43.5 Å². The van der Waals surface area contributed by atoms with Crippen LogP contribution in [0.2, 0.25) is 0 Å². The third kappa shape index (κ3) is 40.7. The number of allylic oxidation sites excluding steroid dienone is 5. The van der Waals surface area contributed by atoms with Gasteiger partial charge in [0, 0.05) is 6.42 Å². The lowest BCUT2D eigenvalue weighted by Crippen LogP contribution is -2.45. The maximum Gasteiger partial charge on any atom is 0.268 e. The summed E-state index contributed by atoms with van der Waals surface area (Å²) in [5, 5.41) is 13.5. The van der Waals surface area contributed by atoms with Gasteiger partial charge in [0.2, 0.25) is 5.91 Å². The number of unbranched alkanes of at least 4 members (excludes halogenated alkanes) is 24. The van der Waals surface area contributed by atoms with Gasteiger partial charge in [-0.1, -0.05) is 185 Å². The molecule has 3 unspecified atom stereocenters. The number of nitrogens with one attached hydrogen (secondary N) is 1. The number of carbonyl (C=O) groups excluding carboxylic acids is 1. The van der Waals surface area contributed by atoms with Gasteiger partial charge >= 0.3 is 0 Å². The number of amides is 1. The molecule has 0 rings (SSSR count). The summed E-state index contributed by atoms with van der Waals surface area (Å²) in [7, 11) is 1.26. The molecule has 0 fully saturated rings. The molecule has 0 saturated heterocycles. The SMILES string of the molecule is CCCC/C=C/C(O)C(COP(=O)([O-])OCC[N+](C)(C)C)NC(=O)CCCCCCCCCCCCCCCCCCC/C=C\C/C=C\CCCCCCC. The smallest absolute Gasteiger partial charge is 0.268 e. The molecule has 9 heteroatoms. The van der Waals surface area contributed by atoms with Crippen LogP contribution in [0.4, 0.5) is 0 Å². The van der Waals surface area contributed by atoms with Crippen LogP contribution in [-0.4, -0.2) is 68.5 Å². The fourth-order valence-corrected chi connectivity index (χ4v) is 7.13. The van der Waals surface area contributed by atoms with Crippen molar-refractivity contribution in [3.8, 4) is 0 Å². The van der Waals surface area contributed by atoms with Crippen molar-refractivity contribution in [2.45, 2.75) is 212 Å². The molecule has 0 spiro atoms. The summed E-state index contributed by atoms with van der Waals surface area (Å²) in [6.45, 7) is 4.48. The molecule has 2 N–H and O–H groups in total. The van der Waals surface area contributed by atoms with Crippen molar-refractivity contribution in [1.82, 2.24) is 5.32 Å². The highest BCUT2D eigenvalue weighted by atomic mass is 31.2. The van der Waals surface area contributed by atoms with Gasteiger partial charge in [-0.25, -0.2) is 0 Å². The van der Waals surface area contributed by atoms with E-state index >= 15 is 0 Å². The zero-order chi connectivity index (χ0) is 40.7. The fourth-order valence-electron chi connectivity index (χ4n) is 6.40. The van der Waals surface area contributed by atoms with E-state index in [0.29, 0.717) is 17.4 Å². The number of hydrogen-bond acceptors (Lipinski definition) is 6. The van der Waals surface area contributed by atoms with Crippen LogP contribution in [0.5, 0.6) is 0 Å². The molecule has 3 atom stereocenters. The molecule has 8 nitrogen and oxygen atoms in total. The lowest BCUT2D eigenvalue weighted by Gasteiger charge is -2.29. The summed E-state index contributed by atoms with van der Waals surface area (Å²) < 4.78 is 22.9. The number of quaternary nitrogens is 1. The van der Waals surface area contributed by atoms with Crippen LogP contribution in [-0.2, 0) is 18.4 Å². The quantitative estimate of drug-likeness (QED) is 0.0276. The first-order valence-corrected chi connectivity index (χ1v) is 24.3. The Hall–Kier alpha value is -1.28. The van der Waals surface area contributed by atoms with E-state index in [-0.39, 0.29) is 19.1 Å². The van der Waals surface area contributed by atoms with Gasteiger partial charge in [0.25, 0.3) is 7.82 Å². The van der Waals surface area contributed by atoms with Gasteiger partial charge in [0.15, 0.2) is 0 Å². The topological polar surface area (TPSA) is 108 Å². The Morgan fingerprint density at radius 3 is 1.55 bits per heavy atom. The zero-order valence-corrected chi connectivity index (χ0v) is 37.5. The number of rotatable bonds is 41. The Kier molecular flexibility index (Phi) is 37.4. The second-order valence-corrected chi connectivity index (χ2v) is 18.2. The van der Waals surface area contributed by atoms with Crippen LogP contribution in [0.3, 0.4) is 0 Å². The van der Waals surface area contributed by atoms with E-state index in [1.54, 1.807) is 6.08 Å². The molecule has 0 aliphatic carbocycles. The molecule has 0 radical (unpaired) electrons. The largest absolute Gasteiger partial charge is 0.756 e. The summed E-state index contributed by atoms with van der Waals surface area (Å²) in [6.07, 6.45) is 47.1. The highest BCUT2D eigenvalue weighted by molar-refractivity contribution is 7.45. The third-order valence-electron chi connectivity index (χ3n) is 10.1. The number of likely N-dealkylation sites (N-methyl/N-ethyl adjacent to an activating group) is 1. The van der Waals surface area contributed by atoms with Crippen molar-refractivity contribution in [2.24, 2.45) is 0 Å². The van der Waals surface area contributed by atoms with Crippen molar-refractivity contribution < 1.29 is 32.9 Å². The van der Waals surface area contributed by atoms with Crippen LogP contribution in [0.1, 0.15) is 200 Å². The predicted molar refractivity (Wildman–Crippen MR) is 233 cm³/mol. The molecule has 0 aliphatic heterocycles. The monoisotopic (exact) mass is 797 g/mol. The minimum Gasteiger partial charge on any atom is -0.756 e. The summed E-state index contributed by atoms with van der Waals surface area (Å²) in [4.78, 5) is 25.0. The number of phosphoric ester groups is 1. The highest BCUT2D eigenvalue weighted by Crippen LogP contribution is 2.38. The first-order valence-electron chi connectivity index (χ1n) is 22.9. The van der Waals surface area contributed by atoms with Gasteiger partial charge in [0.1, 0.15) is 13.2 Å². The highest BCUT2D eigenvalue weighted by Gasteiger charge is 2.23. The molecule has 0 heterocycles. The normalized spacial score (nSPS) is 14.7. The standard InChI is InChI=1S/C46H89N2O6P/c1-6-8-10-12-13-14-15-16-17-18-19-20-21-22-23-24-25-26-27-28-29-30-31-32-33-34-35-36-38-40-46(50)47-44(45(49)39-37-11-9-7-2)43-54-55(51,52)53-42-41-48(3,4)5/h15-16,18-19,37,39,44-45,49H,6-14,17,20-36,38,40-43H2,1-5H3,(H-,47,50,51,52)/b16-15-,19-18-,39-37+. The molecule has 0 aliphatic rings. The molecule has 55 heavy (non-hydrogen) atoms. The first-order chi connectivity index (χ1) is 26.5. The van der Waals surface area contributed by atoms with Crippen LogP contribution in [0.15, 0.2) is 36.5 Å². The second kappa shape index (κ2) is 38.2. The summed E-state index contributed by atoms with van der Waals surface area (Å²) in [5.74, 6) is -0.206. The van der Waals surface area contributed by atoms with Crippen molar-refractivity contribution >= 4 is 13.7 Å². The lowest BCUT2D eigenvalue weighted by molar-refractivity contribution is -0.870. The van der Waals surface area contributed by atoms with Crippen LogP contribution < -0.4 is 10.2 Å². The van der Waals surface area contributed by atoms with E-state index in [9.17, 15) is 19.4 Å². The van der Waals surface area contributed by atoms with Crippen LogP contribution >= 0.6 is 7.82 Å². The average Bonchev–Trinajstić information content (AvgIpc) is 3.13. The van der Waals surface area contributed by atoms with Gasteiger partial charge in [-0.15, -0.1) is 0 Å². The van der Waals surface area contributed by atoms with E-state index < -0.39 is 20.0 Å². The Labute approximate surface area is 340 Å². The lowest BCUT2D eigenvalue weighted by atomic mass is 10.0. The van der Waals surface area contributed by atoms with Gasteiger partial charge in [-0.05, 0) is 44.9 Å². The summed E-state index contributed by atoms with van der Waals surface area (Å²) >= 11 is 0. The molecule has 1 amide bonds. The van der Waals surface area contributed by atoms with Crippen LogP contribution in [0.25, 0.3) is 0 Å². The van der Waals surface area contributed by atoms with Gasteiger partial charge < -0.3 is 28.8 Å². The molecule has 0 aromatic heterocycles. The summed E-state index contributed by atoms with van der Waals surface area (Å²) in [5.41, 5.74) is 0. The minimum absolute atomic E-state index is 0.00180. The van der Waals surface area contributed by atoms with Crippen molar-refractivity contribution in [3.63, 3.8) is 0 Å². The minimum atomic E-state index is -4.57. The summed E-state index contributed by atoms with van der Waals surface area (Å²) in [6, 6.07) is -0.880. The Morgan fingerprint density at radius 1 is 0.636 bits per heavy atom. The fraction of sp³-hybridized carbons (Fsp3) is 0.848. The molecule has 0 aromatic rings. The van der Waals surface area contributed by atoms with E-state index in [1.807, 2.05) is 27.2 Å². The van der Waals surface area contributed by atoms with Crippen molar-refractivity contribution in [2.75, 3.05) is 40.9 Å². The van der Waals surface area contributed by atoms with Gasteiger partial charge in [-0.3, -0.25) is 9.36 Å². The number of aliphatic hydroxyl groups is 1. The molecular formula is C46H89N2O6P. The van der Waals surface area contributed by atoms with Crippen molar-refractivity contribution in [3.05, 3.63) is 36.5 Å². The first kappa shape index (κ1) is 53.7. The van der Waals surface area contributed by atoms with Gasteiger partial charge in [0.05, 0.1) is 39.9 Å². The average molecular weight is 797 g/mol. The Balaban J connectivity index is 3.84. The molecule has 0 aromatic carbocycles. The Morgan fingerprint density at radius 2 is 1.07 bits per heavy atom. The van der Waals surface area contributed by atoms with E-state index in [1.165, 1.54) is 135 Å². The number of aliphatic hydroxyl groups excluding tert-OH is 1. The maximum atomic E-state index is 12.7. The number of phosphoric acid groups is 1. The van der Waals surface area contributed by atoms with E-state index in [0.717, 1.165) is 44.9 Å². The zero-order valence-electron chi connectivity index (χ0n) is 36.6. The third-order valence-corrected chi connectivity index (χ3v) is 11.1. The number of nitrogens with zero attached hydrogens (tertiary/aromatic N) is 1. The second-order valence-electron chi connectivity index (χ2n) is 16.8. The van der Waals surface area contributed by atoms with Crippen LogP contribution in [0, 0.1) is 0 Å². The molecule has 0 bridgehead atoms. The molecular weight excluding hydrogens is 707 g/mol. The van der Waals surface area contributed by atoms with E-state index in [4.69, 9.17) is 9.05 Å². The number of carbonyl (C=O) groups is 1. The molecule has 324 valence electrons. The Bertz CT molecular complexity index is 995. The maximum absolute atomic E-state index is 12.7. The van der Waals surface area contributed by atoms with Crippen molar-refractivity contribution in [1.29, 1.82) is 0 Å².